The molecule has 50 heavy (non-hydrogen) atoms. The number of aromatic hydroxyl groups is 2. The SMILES string of the molecule is NCCC[C@@H]1C(=O)N[C@@H](Cc2ccc(Oc3ccc(O)cc3)cc2)C(=O)N2CCC[C@@H]2C(=O)NCC(=O)N1C(=O)[C@@H](N)Cc1ccc(O)cc1. The van der Waals surface area contributed by atoms with Gasteiger partial charge in [-0.3, -0.25) is 28.9 Å². The quantitative estimate of drug-likeness (QED) is 0.178. The van der Waals surface area contributed by atoms with Crippen LogP contribution in [-0.2, 0) is 36.8 Å². The number of hydrogen-bond acceptors (Lipinski definition) is 10. The van der Waals surface area contributed by atoms with Crippen LogP contribution in [0.1, 0.15) is 36.8 Å². The molecule has 14 nitrogen and oxygen atoms in total. The van der Waals surface area contributed by atoms with Crippen molar-refractivity contribution in [3.05, 3.63) is 83.9 Å². The van der Waals surface area contributed by atoms with Crippen LogP contribution in [-0.4, -0.2) is 93.4 Å². The van der Waals surface area contributed by atoms with Crippen LogP contribution in [0.3, 0.4) is 0 Å². The van der Waals surface area contributed by atoms with Crippen LogP contribution in [0.15, 0.2) is 72.8 Å². The minimum absolute atomic E-state index is 0.00373. The number of imide groups is 1. The number of ether oxygens (including phenoxy) is 1. The zero-order chi connectivity index (χ0) is 35.8. The molecular weight excluding hydrogens is 644 g/mol. The van der Waals surface area contributed by atoms with E-state index in [0.29, 0.717) is 42.0 Å². The van der Waals surface area contributed by atoms with E-state index < -0.39 is 60.2 Å². The number of phenolic OH excluding ortho intramolecular Hbond substituents is 2. The third-order valence-electron chi connectivity index (χ3n) is 8.81. The number of amides is 5. The van der Waals surface area contributed by atoms with Gasteiger partial charge in [0.2, 0.25) is 29.5 Å². The number of fused-ring (bicyclic) bond motifs is 1. The summed E-state index contributed by atoms with van der Waals surface area (Å²) in [6.07, 6.45) is 1.23. The van der Waals surface area contributed by atoms with Crippen LogP contribution in [0, 0.1) is 0 Å². The molecule has 264 valence electrons. The fourth-order valence-corrected chi connectivity index (χ4v) is 6.21. The minimum atomic E-state index is -1.37. The summed E-state index contributed by atoms with van der Waals surface area (Å²) >= 11 is 0. The summed E-state index contributed by atoms with van der Waals surface area (Å²) in [7, 11) is 0. The van der Waals surface area contributed by atoms with Crippen molar-refractivity contribution < 1.29 is 38.9 Å². The number of nitrogens with one attached hydrogen (secondary N) is 2. The Bertz CT molecular complexity index is 1680. The van der Waals surface area contributed by atoms with E-state index >= 15 is 0 Å². The van der Waals surface area contributed by atoms with E-state index in [1.165, 1.54) is 29.2 Å². The Balaban J connectivity index is 1.43. The van der Waals surface area contributed by atoms with Gasteiger partial charge in [0.25, 0.3) is 0 Å². The van der Waals surface area contributed by atoms with Gasteiger partial charge in [-0.25, -0.2) is 0 Å². The van der Waals surface area contributed by atoms with Crippen molar-refractivity contribution in [2.24, 2.45) is 11.5 Å². The van der Waals surface area contributed by atoms with E-state index in [0.717, 1.165) is 4.90 Å². The van der Waals surface area contributed by atoms with Crippen molar-refractivity contribution in [1.82, 2.24) is 20.4 Å². The van der Waals surface area contributed by atoms with Crippen molar-refractivity contribution in [3.8, 4) is 23.0 Å². The van der Waals surface area contributed by atoms with Crippen molar-refractivity contribution in [1.29, 1.82) is 0 Å². The average Bonchev–Trinajstić information content (AvgIpc) is 3.60. The molecule has 0 bridgehead atoms. The predicted molar refractivity (Wildman–Crippen MR) is 182 cm³/mol. The third-order valence-corrected chi connectivity index (χ3v) is 8.81. The molecule has 4 atom stereocenters. The number of benzene rings is 3. The van der Waals surface area contributed by atoms with Crippen LogP contribution in [0.4, 0.5) is 0 Å². The third kappa shape index (κ3) is 8.76. The number of hydrogen-bond donors (Lipinski definition) is 6. The Hall–Kier alpha value is -5.47. The van der Waals surface area contributed by atoms with E-state index in [2.05, 4.69) is 10.6 Å². The second kappa shape index (κ2) is 16.3. The van der Waals surface area contributed by atoms with Crippen LogP contribution < -0.4 is 26.8 Å². The van der Waals surface area contributed by atoms with Crippen molar-refractivity contribution in [2.45, 2.75) is 62.7 Å². The smallest absolute Gasteiger partial charge is 0.249 e. The number of carbonyl (C=O) groups is 5. The largest absolute Gasteiger partial charge is 0.508 e. The van der Waals surface area contributed by atoms with E-state index in [4.69, 9.17) is 16.2 Å². The highest BCUT2D eigenvalue weighted by Gasteiger charge is 2.42. The lowest BCUT2D eigenvalue weighted by molar-refractivity contribution is -0.154. The first-order valence-corrected chi connectivity index (χ1v) is 16.6. The zero-order valence-electron chi connectivity index (χ0n) is 27.5. The number of carbonyl (C=O) groups excluding carboxylic acids is 5. The molecule has 0 spiro atoms. The summed E-state index contributed by atoms with van der Waals surface area (Å²) in [6, 6.07) is 14.6. The Morgan fingerprint density at radius 1 is 0.880 bits per heavy atom. The molecule has 2 saturated heterocycles. The Labute approximate surface area is 289 Å². The second-order valence-electron chi connectivity index (χ2n) is 12.4. The molecule has 2 aliphatic heterocycles. The summed E-state index contributed by atoms with van der Waals surface area (Å²) < 4.78 is 5.83. The number of phenols is 2. The molecular formula is C36H42N6O8. The first kappa shape index (κ1) is 35.8. The number of nitrogens with two attached hydrogens (primary N) is 2. The van der Waals surface area contributed by atoms with Gasteiger partial charge in [-0.1, -0.05) is 24.3 Å². The molecule has 0 radical (unpaired) electrons. The van der Waals surface area contributed by atoms with E-state index in [-0.39, 0.29) is 43.7 Å². The van der Waals surface area contributed by atoms with Gasteiger partial charge in [-0.15, -0.1) is 0 Å². The van der Waals surface area contributed by atoms with Crippen molar-refractivity contribution in [3.63, 3.8) is 0 Å². The highest BCUT2D eigenvalue weighted by Crippen LogP contribution is 2.25. The standard InChI is InChI=1S/C36H42N6O8/c37-17-1-3-31-34(47)40-29(20-23-7-13-26(14-8-23)50-27-15-11-25(44)12-16-27)36(49)41-18-2-4-30(41)33(46)39-21-32(45)42(31)35(48)28(38)19-22-5-9-24(43)10-6-22/h5-16,28-31,43-44H,1-4,17-21,37-38H2,(H,39,46)(H,40,47)/t28-,29-,30+,31+/m0/s1. The lowest BCUT2D eigenvalue weighted by Gasteiger charge is -2.35. The Morgan fingerprint density at radius 3 is 2.12 bits per heavy atom. The van der Waals surface area contributed by atoms with Gasteiger partial charge in [0.15, 0.2) is 0 Å². The van der Waals surface area contributed by atoms with Gasteiger partial charge in [0, 0.05) is 13.0 Å². The fraction of sp³-hybridized carbons (Fsp3) is 0.361. The highest BCUT2D eigenvalue weighted by atomic mass is 16.5. The van der Waals surface area contributed by atoms with E-state index in [9.17, 15) is 34.2 Å². The van der Waals surface area contributed by atoms with Gasteiger partial charge < -0.3 is 42.0 Å². The molecule has 8 N–H and O–H groups in total. The molecule has 2 fully saturated rings. The van der Waals surface area contributed by atoms with Crippen LogP contribution in [0.25, 0.3) is 0 Å². The van der Waals surface area contributed by atoms with E-state index in [1.54, 1.807) is 48.5 Å². The monoisotopic (exact) mass is 686 g/mol. The normalized spacial score (nSPS) is 20.6. The summed E-state index contributed by atoms with van der Waals surface area (Å²) in [5.74, 6) is -2.24. The maximum atomic E-state index is 14.1. The topological polar surface area (TPSA) is 218 Å². The first-order chi connectivity index (χ1) is 24.0. The maximum absolute atomic E-state index is 14.1. The fourth-order valence-electron chi connectivity index (χ4n) is 6.21. The minimum Gasteiger partial charge on any atom is -0.508 e. The van der Waals surface area contributed by atoms with Gasteiger partial charge in [-0.05, 0) is 98.3 Å². The Kier molecular flexibility index (Phi) is 11.7. The molecule has 5 rings (SSSR count). The average molecular weight is 687 g/mol. The molecule has 0 saturated carbocycles. The first-order valence-electron chi connectivity index (χ1n) is 16.6. The lowest BCUT2D eigenvalue weighted by Crippen LogP contribution is -2.63. The van der Waals surface area contributed by atoms with Gasteiger partial charge in [0.05, 0.1) is 12.6 Å². The lowest BCUT2D eigenvalue weighted by atomic mass is 10.0. The summed E-state index contributed by atoms with van der Waals surface area (Å²) in [6.45, 7) is -0.125. The molecule has 2 heterocycles. The predicted octanol–water partition coefficient (Wildman–Crippen LogP) is 1.07. The summed E-state index contributed by atoms with van der Waals surface area (Å²) in [5.41, 5.74) is 13.4. The Morgan fingerprint density at radius 2 is 1.48 bits per heavy atom. The molecule has 0 aromatic heterocycles. The molecule has 2 aliphatic rings. The van der Waals surface area contributed by atoms with Crippen LogP contribution >= 0.6 is 0 Å². The number of rotatable bonds is 10. The van der Waals surface area contributed by atoms with Crippen molar-refractivity contribution >= 4 is 29.5 Å². The van der Waals surface area contributed by atoms with E-state index in [1.807, 2.05) is 0 Å². The van der Waals surface area contributed by atoms with Gasteiger partial charge in [0.1, 0.15) is 41.1 Å². The van der Waals surface area contributed by atoms with Gasteiger partial charge >= 0.3 is 0 Å². The number of nitrogens with zero attached hydrogens (tertiary/aromatic N) is 2. The van der Waals surface area contributed by atoms with Gasteiger partial charge in [-0.2, -0.15) is 0 Å². The molecule has 14 heteroatoms. The van der Waals surface area contributed by atoms with Crippen LogP contribution in [0.2, 0.25) is 0 Å². The molecule has 3 aromatic rings. The highest BCUT2D eigenvalue weighted by molar-refractivity contribution is 6.05. The molecule has 0 aliphatic carbocycles. The zero-order valence-corrected chi connectivity index (χ0v) is 27.5. The van der Waals surface area contributed by atoms with Crippen molar-refractivity contribution in [2.75, 3.05) is 19.6 Å². The summed E-state index contributed by atoms with van der Waals surface area (Å²) in [5, 5.41) is 24.6. The maximum Gasteiger partial charge on any atom is 0.249 e. The summed E-state index contributed by atoms with van der Waals surface area (Å²) in [4.78, 5) is 71.4. The molecule has 5 amide bonds. The van der Waals surface area contributed by atoms with Crippen LogP contribution in [0.5, 0.6) is 23.0 Å². The molecule has 3 aromatic carbocycles. The second-order valence-corrected chi connectivity index (χ2v) is 12.4. The molecule has 0 unspecified atom stereocenters.